The molecule has 2 aromatic rings. The molecule has 0 N–H and O–H groups in total. The van der Waals surface area contributed by atoms with Crippen molar-refractivity contribution in [2.24, 2.45) is 0 Å². The summed E-state index contributed by atoms with van der Waals surface area (Å²) in [6.45, 7) is 2.14. The summed E-state index contributed by atoms with van der Waals surface area (Å²) in [5.41, 5.74) is 1.09. The highest BCUT2D eigenvalue weighted by Crippen LogP contribution is 2.23. The first-order valence-corrected chi connectivity index (χ1v) is 9.38. The van der Waals surface area contributed by atoms with Gasteiger partial charge in [0, 0.05) is 42.3 Å². The van der Waals surface area contributed by atoms with Crippen molar-refractivity contribution in [2.45, 2.75) is 6.42 Å². The van der Waals surface area contributed by atoms with Gasteiger partial charge in [-0.1, -0.05) is 34.8 Å². The Morgan fingerprint density at radius 1 is 0.692 bits per heavy atom. The molecule has 2 aromatic carbocycles. The van der Waals surface area contributed by atoms with E-state index in [2.05, 4.69) is 0 Å². The van der Waals surface area contributed by atoms with Gasteiger partial charge >= 0.3 is 0 Å². The van der Waals surface area contributed by atoms with E-state index in [0.717, 1.165) is 0 Å². The molecule has 1 aliphatic heterocycles. The van der Waals surface area contributed by atoms with Crippen LogP contribution < -0.4 is 0 Å². The molecule has 7 heteroatoms. The van der Waals surface area contributed by atoms with E-state index in [1.54, 1.807) is 52.3 Å². The van der Waals surface area contributed by atoms with Crippen LogP contribution in [-0.2, 0) is 0 Å². The van der Waals surface area contributed by atoms with Gasteiger partial charge in [0.1, 0.15) is 0 Å². The maximum absolute atomic E-state index is 12.7. The maximum Gasteiger partial charge on any atom is 0.253 e. The first-order chi connectivity index (χ1) is 12.5. The van der Waals surface area contributed by atoms with Crippen LogP contribution >= 0.6 is 34.8 Å². The third-order valence-electron chi connectivity index (χ3n) is 4.33. The molecule has 0 aliphatic carbocycles. The minimum atomic E-state index is -0.107. The number of benzene rings is 2. The zero-order chi connectivity index (χ0) is 18.7. The molecule has 3 rings (SSSR count). The molecule has 0 radical (unpaired) electrons. The largest absolute Gasteiger partial charge is 0.337 e. The number of hydrogen-bond acceptors (Lipinski definition) is 2. The lowest BCUT2D eigenvalue weighted by Gasteiger charge is -2.22. The summed E-state index contributed by atoms with van der Waals surface area (Å²) < 4.78 is 0. The Balaban J connectivity index is 1.67. The second kappa shape index (κ2) is 8.30. The number of hydrogen-bond donors (Lipinski definition) is 0. The topological polar surface area (TPSA) is 40.6 Å². The molecule has 1 saturated heterocycles. The molecule has 1 aliphatic rings. The summed E-state index contributed by atoms with van der Waals surface area (Å²) in [5.74, 6) is -0.158. The Hall–Kier alpha value is -1.75. The molecule has 26 heavy (non-hydrogen) atoms. The minimum absolute atomic E-state index is 0.0505. The molecule has 1 fully saturated rings. The average molecular weight is 412 g/mol. The maximum atomic E-state index is 12.7. The van der Waals surface area contributed by atoms with Gasteiger partial charge in [-0.3, -0.25) is 9.59 Å². The van der Waals surface area contributed by atoms with Gasteiger partial charge in [0.25, 0.3) is 11.8 Å². The van der Waals surface area contributed by atoms with Crippen molar-refractivity contribution in [3.63, 3.8) is 0 Å². The molecular formula is C19H17Cl3N2O2. The van der Waals surface area contributed by atoms with E-state index < -0.39 is 0 Å². The lowest BCUT2D eigenvalue weighted by atomic mass is 10.2. The van der Waals surface area contributed by atoms with Gasteiger partial charge in [0.2, 0.25) is 0 Å². The summed E-state index contributed by atoms with van der Waals surface area (Å²) in [6.07, 6.45) is 0.715. The van der Waals surface area contributed by atoms with Gasteiger partial charge in [0.15, 0.2) is 0 Å². The van der Waals surface area contributed by atoms with E-state index in [0.29, 0.717) is 58.8 Å². The normalized spacial score (nSPS) is 14.9. The fourth-order valence-corrected chi connectivity index (χ4v) is 3.33. The first kappa shape index (κ1) is 19.0. The zero-order valence-corrected chi connectivity index (χ0v) is 16.2. The highest BCUT2D eigenvalue weighted by atomic mass is 35.5. The predicted octanol–water partition coefficient (Wildman–Crippen LogP) is 4.64. The second-order valence-corrected chi connectivity index (χ2v) is 7.32. The van der Waals surface area contributed by atoms with E-state index in [1.807, 2.05) is 0 Å². The van der Waals surface area contributed by atoms with E-state index >= 15 is 0 Å². The average Bonchev–Trinajstić information content (AvgIpc) is 2.89. The smallest absolute Gasteiger partial charge is 0.253 e. The van der Waals surface area contributed by atoms with Crippen LogP contribution in [-0.4, -0.2) is 47.8 Å². The Bertz CT molecular complexity index is 824. The van der Waals surface area contributed by atoms with Crippen molar-refractivity contribution in [2.75, 3.05) is 26.2 Å². The Labute approximate surface area is 167 Å². The second-order valence-electron chi connectivity index (χ2n) is 6.07. The molecule has 1 heterocycles. The van der Waals surface area contributed by atoms with Gasteiger partial charge in [0.05, 0.1) is 10.0 Å². The van der Waals surface area contributed by atoms with Gasteiger partial charge < -0.3 is 9.80 Å². The third-order valence-corrected chi connectivity index (χ3v) is 5.32. The van der Waals surface area contributed by atoms with Crippen molar-refractivity contribution < 1.29 is 9.59 Å². The zero-order valence-electron chi connectivity index (χ0n) is 13.9. The number of amides is 2. The molecule has 0 bridgehead atoms. The monoisotopic (exact) mass is 410 g/mol. The van der Waals surface area contributed by atoms with Crippen molar-refractivity contribution in [1.29, 1.82) is 0 Å². The van der Waals surface area contributed by atoms with Crippen LogP contribution in [0.3, 0.4) is 0 Å². The first-order valence-electron chi connectivity index (χ1n) is 8.25. The predicted molar refractivity (Wildman–Crippen MR) is 104 cm³/mol. The van der Waals surface area contributed by atoms with Crippen LogP contribution in [0.5, 0.6) is 0 Å². The fourth-order valence-electron chi connectivity index (χ4n) is 2.91. The summed E-state index contributed by atoms with van der Waals surface area (Å²) in [6, 6.07) is 11.7. The van der Waals surface area contributed by atoms with Gasteiger partial charge in [-0.15, -0.1) is 0 Å². The van der Waals surface area contributed by atoms with E-state index in [4.69, 9.17) is 34.8 Å². The van der Waals surface area contributed by atoms with Crippen molar-refractivity contribution in [3.8, 4) is 0 Å². The standard InChI is InChI=1S/C19H17Cl3N2O2/c20-15-5-2-13(3-6-15)18(25)23-8-1-9-24(11-10-23)19(26)14-4-7-16(21)17(22)12-14/h2-7,12H,1,8-11H2. The molecule has 0 spiro atoms. The molecule has 0 saturated carbocycles. The number of halogens is 3. The Morgan fingerprint density at radius 3 is 1.81 bits per heavy atom. The van der Waals surface area contributed by atoms with Crippen LogP contribution in [0.2, 0.25) is 15.1 Å². The minimum Gasteiger partial charge on any atom is -0.337 e. The molecule has 0 atom stereocenters. The summed E-state index contributed by atoms with van der Waals surface area (Å²) in [7, 11) is 0. The van der Waals surface area contributed by atoms with E-state index in [1.165, 1.54) is 0 Å². The molecular weight excluding hydrogens is 395 g/mol. The number of carbonyl (C=O) groups excluding carboxylic acids is 2. The Kier molecular flexibility index (Phi) is 6.07. The molecule has 136 valence electrons. The summed E-state index contributed by atoms with van der Waals surface area (Å²) in [4.78, 5) is 28.9. The van der Waals surface area contributed by atoms with Crippen molar-refractivity contribution in [1.82, 2.24) is 9.80 Å². The van der Waals surface area contributed by atoms with Crippen LogP contribution in [0.15, 0.2) is 42.5 Å². The van der Waals surface area contributed by atoms with Crippen LogP contribution in [0, 0.1) is 0 Å². The highest BCUT2D eigenvalue weighted by molar-refractivity contribution is 6.42. The SMILES string of the molecule is O=C(c1ccc(Cl)cc1)N1CCCN(C(=O)c2ccc(Cl)c(Cl)c2)CC1. The Morgan fingerprint density at radius 2 is 1.23 bits per heavy atom. The van der Waals surface area contributed by atoms with Crippen molar-refractivity contribution >= 4 is 46.6 Å². The number of carbonyl (C=O) groups is 2. The van der Waals surface area contributed by atoms with Gasteiger partial charge in [-0.05, 0) is 48.9 Å². The molecule has 4 nitrogen and oxygen atoms in total. The summed E-state index contributed by atoms with van der Waals surface area (Å²) in [5, 5.41) is 1.36. The van der Waals surface area contributed by atoms with Crippen LogP contribution in [0.4, 0.5) is 0 Å². The van der Waals surface area contributed by atoms with Gasteiger partial charge in [-0.25, -0.2) is 0 Å². The fraction of sp³-hybridized carbons (Fsp3) is 0.263. The van der Waals surface area contributed by atoms with E-state index in [9.17, 15) is 9.59 Å². The lowest BCUT2D eigenvalue weighted by molar-refractivity contribution is 0.0719. The highest BCUT2D eigenvalue weighted by Gasteiger charge is 2.23. The molecule has 0 unspecified atom stereocenters. The van der Waals surface area contributed by atoms with Crippen LogP contribution in [0.25, 0.3) is 0 Å². The molecule has 0 aromatic heterocycles. The van der Waals surface area contributed by atoms with Crippen LogP contribution in [0.1, 0.15) is 27.1 Å². The third kappa shape index (κ3) is 4.32. The summed E-state index contributed by atoms with van der Waals surface area (Å²) >= 11 is 17.8. The van der Waals surface area contributed by atoms with Crippen molar-refractivity contribution in [3.05, 3.63) is 68.7 Å². The molecule has 2 amide bonds. The number of rotatable bonds is 2. The quantitative estimate of drug-likeness (QED) is 0.722. The lowest BCUT2D eigenvalue weighted by Crippen LogP contribution is -2.37. The number of nitrogens with zero attached hydrogens (tertiary/aromatic N) is 2. The van der Waals surface area contributed by atoms with E-state index in [-0.39, 0.29) is 11.8 Å². The van der Waals surface area contributed by atoms with Gasteiger partial charge in [-0.2, -0.15) is 0 Å².